The number of nitrogens with zero attached hydrogens (tertiary/aromatic N) is 4. The molecule has 0 saturated heterocycles. The van der Waals surface area contributed by atoms with Crippen molar-refractivity contribution in [2.24, 2.45) is 0 Å². The third-order valence-corrected chi connectivity index (χ3v) is 13.1. The van der Waals surface area contributed by atoms with E-state index in [2.05, 4.69) is 141 Å². The van der Waals surface area contributed by atoms with Gasteiger partial charge in [0.2, 0.25) is 5.88 Å². The van der Waals surface area contributed by atoms with Gasteiger partial charge < -0.3 is 9.47 Å². The van der Waals surface area contributed by atoms with E-state index in [0.717, 1.165) is 79.1 Å². The minimum absolute atomic E-state index is 0.214. The molecular weight excluding hydrogens is 812 g/mol. The number of aromatic nitrogens is 4. The Morgan fingerprint density at radius 1 is 0.734 bits per heavy atom. The van der Waals surface area contributed by atoms with Crippen LogP contribution in [0.25, 0.3) is 43.7 Å². The lowest BCUT2D eigenvalue weighted by Gasteiger charge is -2.36. The first-order chi connectivity index (χ1) is 31.0. The second-order valence-corrected chi connectivity index (χ2v) is 19.0. The summed E-state index contributed by atoms with van der Waals surface area (Å²) in [6, 6.07) is 49.9. The van der Waals surface area contributed by atoms with E-state index in [9.17, 15) is 0 Å². The average molecular weight is 863 g/mol. The normalized spacial score (nSPS) is 13.7. The van der Waals surface area contributed by atoms with E-state index in [-0.39, 0.29) is 11.7 Å². The van der Waals surface area contributed by atoms with E-state index < -0.39 is 17.2 Å². The lowest BCUT2D eigenvalue weighted by Crippen LogP contribution is -2.38. The number of thioether (sulfide) groups is 1. The van der Waals surface area contributed by atoms with Gasteiger partial charge in [0, 0.05) is 28.8 Å². The number of benzene rings is 7. The summed E-state index contributed by atoms with van der Waals surface area (Å²) in [5, 5.41) is 9.83. The molecule has 1 fully saturated rings. The van der Waals surface area contributed by atoms with Gasteiger partial charge in [-0.1, -0.05) is 152 Å². The van der Waals surface area contributed by atoms with Crippen LogP contribution < -0.4 is 9.47 Å². The molecule has 2 aromatic heterocycles. The average Bonchev–Trinajstić information content (AvgIpc) is 4.07. The van der Waals surface area contributed by atoms with Crippen LogP contribution in [0.3, 0.4) is 0 Å². The van der Waals surface area contributed by atoms with Gasteiger partial charge in [-0.25, -0.2) is 9.37 Å². The van der Waals surface area contributed by atoms with E-state index in [4.69, 9.17) is 24.5 Å². The highest BCUT2D eigenvalue weighted by atomic mass is 32.2. The number of halogens is 1. The molecule has 0 amide bonds. The fraction of sp³-hybridized carbons (Fsp3) is 0.232. The molecule has 64 heavy (non-hydrogen) atoms. The Bertz CT molecular complexity index is 3060. The molecule has 10 rings (SSSR count). The Kier molecular flexibility index (Phi) is 10.7. The molecule has 6 nitrogen and oxygen atoms in total. The maximum atomic E-state index is 17.0. The summed E-state index contributed by atoms with van der Waals surface area (Å²) in [5.41, 5.74) is 7.02. The number of hydrogen-bond acceptors (Lipinski definition) is 6. The van der Waals surface area contributed by atoms with Crippen molar-refractivity contribution in [3.63, 3.8) is 0 Å². The molecule has 1 aliphatic carbocycles. The minimum atomic E-state index is -0.909. The van der Waals surface area contributed by atoms with Crippen molar-refractivity contribution >= 4 is 44.3 Å². The fourth-order valence-electron chi connectivity index (χ4n) is 9.37. The fourth-order valence-corrected chi connectivity index (χ4v) is 9.93. The molecule has 1 aliphatic rings. The molecule has 0 spiro atoms. The highest BCUT2D eigenvalue weighted by Gasteiger charge is 2.41. The van der Waals surface area contributed by atoms with Crippen LogP contribution in [0.1, 0.15) is 92.9 Å². The topological polar surface area (TPSA) is 62.1 Å². The van der Waals surface area contributed by atoms with Crippen molar-refractivity contribution in [3.05, 3.63) is 191 Å². The van der Waals surface area contributed by atoms with Gasteiger partial charge in [-0.2, -0.15) is 10.1 Å². The van der Waals surface area contributed by atoms with E-state index >= 15 is 4.39 Å². The molecule has 0 N–H and O–H groups in total. The lowest BCUT2D eigenvalue weighted by atomic mass is 9.77. The second kappa shape index (κ2) is 16.6. The molecule has 0 unspecified atom stereocenters. The van der Waals surface area contributed by atoms with Gasteiger partial charge in [0.1, 0.15) is 28.6 Å². The molecule has 0 bridgehead atoms. The zero-order valence-electron chi connectivity index (χ0n) is 37.1. The quantitative estimate of drug-likeness (QED) is 0.0693. The summed E-state index contributed by atoms with van der Waals surface area (Å²) in [4.78, 5) is 10.3. The number of rotatable bonds is 12. The molecule has 9 aromatic rings. The first-order valence-electron chi connectivity index (χ1n) is 22.3. The third-order valence-electron chi connectivity index (χ3n) is 12.3. The maximum Gasteiger partial charge on any atom is 0.226 e. The SMILES string of the molecule is CCSc1nc(OC(C)(C)C)c2cc(C3CC3)c(-c3c(C)c(F)cc4nn(C(c5ccccc5)(c5ccccc5)c5ccccc5)cc34)c(O[C@@H](C)c3cccc4ccccc34)c2n1. The van der Waals surface area contributed by atoms with Crippen molar-refractivity contribution in [3.8, 4) is 22.8 Å². The van der Waals surface area contributed by atoms with Crippen LogP contribution in [0.5, 0.6) is 11.6 Å². The first-order valence-corrected chi connectivity index (χ1v) is 23.2. The van der Waals surface area contributed by atoms with Crippen LogP contribution in [0.4, 0.5) is 4.39 Å². The van der Waals surface area contributed by atoms with Crippen molar-refractivity contribution in [2.75, 3.05) is 5.75 Å². The second-order valence-electron chi connectivity index (χ2n) is 17.8. The third kappa shape index (κ3) is 7.37. The first kappa shape index (κ1) is 41.5. The van der Waals surface area contributed by atoms with E-state index in [0.29, 0.717) is 33.4 Å². The van der Waals surface area contributed by atoms with Gasteiger partial charge in [-0.3, -0.25) is 4.68 Å². The van der Waals surface area contributed by atoms with Gasteiger partial charge in [-0.05, 0) is 109 Å². The Hall–Kier alpha value is -6.51. The van der Waals surface area contributed by atoms with Crippen LogP contribution in [-0.2, 0) is 5.54 Å². The van der Waals surface area contributed by atoms with Crippen LogP contribution in [0.2, 0.25) is 0 Å². The summed E-state index contributed by atoms with van der Waals surface area (Å²) in [6.07, 6.45) is 3.69. The van der Waals surface area contributed by atoms with E-state index in [1.165, 1.54) is 0 Å². The zero-order valence-corrected chi connectivity index (χ0v) is 37.9. The lowest BCUT2D eigenvalue weighted by molar-refractivity contribution is 0.125. The molecule has 2 heterocycles. The highest BCUT2D eigenvalue weighted by molar-refractivity contribution is 7.99. The van der Waals surface area contributed by atoms with Gasteiger partial charge in [0.25, 0.3) is 0 Å². The summed E-state index contributed by atoms with van der Waals surface area (Å²) in [5.74, 6) is 1.74. The van der Waals surface area contributed by atoms with Crippen LogP contribution in [0, 0.1) is 12.7 Å². The van der Waals surface area contributed by atoms with Crippen molar-refractivity contribution in [1.82, 2.24) is 19.7 Å². The van der Waals surface area contributed by atoms with Gasteiger partial charge in [0.15, 0.2) is 10.9 Å². The van der Waals surface area contributed by atoms with Crippen LogP contribution >= 0.6 is 11.8 Å². The minimum Gasteiger partial charge on any atom is -0.483 e. The maximum absolute atomic E-state index is 17.0. The molecule has 1 saturated carbocycles. The predicted molar refractivity (Wildman–Crippen MR) is 259 cm³/mol. The van der Waals surface area contributed by atoms with Crippen molar-refractivity contribution in [2.45, 2.75) is 82.7 Å². The molecule has 1 atom stereocenters. The molecule has 7 aromatic carbocycles. The number of fused-ring (bicyclic) bond motifs is 3. The Morgan fingerprint density at radius 3 is 1.95 bits per heavy atom. The standard InChI is InChI=1S/C56H51FN4O2S/c1-7-64-54-58-51-45(53(59-54)63-55(4,5)6)32-44(38-30-31-38)50(52(51)62-36(3)42-29-19-21-37-20-17-18-28-43(37)42)49-35(2)47(57)33-48-46(49)34-61(60-48)56(39-22-11-8-12-23-39,40-24-13-9-14-25-40)41-26-15-10-16-27-41/h8-29,32-34,36,38H,7,30-31H2,1-6H3/t36-/m0/s1. The van der Waals surface area contributed by atoms with Crippen LogP contribution in [-0.4, -0.2) is 31.1 Å². The monoisotopic (exact) mass is 862 g/mol. The Morgan fingerprint density at radius 2 is 1.34 bits per heavy atom. The number of ether oxygens (including phenoxy) is 2. The predicted octanol–water partition coefficient (Wildman–Crippen LogP) is 14.4. The summed E-state index contributed by atoms with van der Waals surface area (Å²) < 4.78 is 33.2. The molecule has 8 heteroatoms. The van der Waals surface area contributed by atoms with Gasteiger partial charge in [-0.15, -0.1) is 0 Å². The molecule has 0 aliphatic heterocycles. The Balaban J connectivity index is 1.31. The Labute approximate surface area is 378 Å². The largest absolute Gasteiger partial charge is 0.483 e. The van der Waals surface area contributed by atoms with Crippen molar-refractivity contribution < 1.29 is 13.9 Å². The summed E-state index contributed by atoms with van der Waals surface area (Å²) >= 11 is 1.56. The highest BCUT2D eigenvalue weighted by Crippen LogP contribution is 2.54. The van der Waals surface area contributed by atoms with E-state index in [1.54, 1.807) is 17.8 Å². The van der Waals surface area contributed by atoms with Gasteiger partial charge >= 0.3 is 0 Å². The smallest absolute Gasteiger partial charge is 0.226 e. The van der Waals surface area contributed by atoms with Gasteiger partial charge in [0.05, 0.1) is 10.9 Å². The molecule has 320 valence electrons. The molecular formula is C56H51FN4O2S. The van der Waals surface area contributed by atoms with Crippen molar-refractivity contribution in [1.29, 1.82) is 0 Å². The summed E-state index contributed by atoms with van der Waals surface area (Å²) in [6.45, 7) is 12.2. The van der Waals surface area contributed by atoms with E-state index in [1.807, 2.05) is 50.6 Å². The summed E-state index contributed by atoms with van der Waals surface area (Å²) in [7, 11) is 0. The zero-order chi connectivity index (χ0) is 44.2. The number of hydrogen-bond donors (Lipinski definition) is 0. The van der Waals surface area contributed by atoms with Crippen LogP contribution in [0.15, 0.2) is 157 Å². The molecule has 0 radical (unpaired) electrons.